The summed E-state index contributed by atoms with van der Waals surface area (Å²) in [6.07, 6.45) is 2.75. The van der Waals surface area contributed by atoms with Crippen LogP contribution < -0.4 is 14.8 Å². The molecule has 10 heteroatoms. The van der Waals surface area contributed by atoms with E-state index in [1.165, 1.54) is 18.2 Å². The number of carbonyl (C=O) groups is 2. The fraction of sp³-hybridized carbons (Fsp3) is 0.303. The van der Waals surface area contributed by atoms with Gasteiger partial charge in [0.15, 0.2) is 6.10 Å². The SMILES string of the molecule is COC(=O)[C@@H]1[CH][CH][CH][C@H](Oc2ccc(CO)c(OCCOCCNC(=O)OCC3c4ccccc4-c4ccccc43)c2)O1. The molecule has 0 bridgehead atoms. The van der Waals surface area contributed by atoms with Gasteiger partial charge in [-0.2, -0.15) is 0 Å². The monoisotopic (exact) mass is 588 g/mol. The zero-order valence-corrected chi connectivity index (χ0v) is 23.8. The second-order valence-electron chi connectivity index (χ2n) is 9.78. The maximum absolute atomic E-state index is 12.3. The molecule has 225 valence electrons. The van der Waals surface area contributed by atoms with Crippen LogP contribution in [0.15, 0.2) is 66.7 Å². The Morgan fingerprint density at radius 2 is 1.67 bits per heavy atom. The first-order chi connectivity index (χ1) is 21.1. The first kappa shape index (κ1) is 30.3. The number of nitrogens with one attached hydrogen (secondary N) is 1. The summed E-state index contributed by atoms with van der Waals surface area (Å²) in [6.45, 7) is 1.04. The minimum atomic E-state index is -0.858. The third-order valence-electron chi connectivity index (χ3n) is 7.07. The predicted molar refractivity (Wildman–Crippen MR) is 156 cm³/mol. The van der Waals surface area contributed by atoms with Gasteiger partial charge in [0.2, 0.25) is 6.29 Å². The minimum absolute atomic E-state index is 0.00111. The van der Waals surface area contributed by atoms with Crippen LogP contribution in [0.25, 0.3) is 11.1 Å². The van der Waals surface area contributed by atoms with E-state index in [0.717, 1.165) is 11.1 Å². The molecule has 5 rings (SSSR count). The van der Waals surface area contributed by atoms with E-state index in [9.17, 15) is 14.7 Å². The number of rotatable bonds is 13. The molecule has 10 nitrogen and oxygen atoms in total. The Hall–Kier alpha value is -4.12. The Labute approximate surface area is 250 Å². The van der Waals surface area contributed by atoms with E-state index in [1.807, 2.05) is 24.3 Å². The van der Waals surface area contributed by atoms with Gasteiger partial charge in [-0.15, -0.1) is 0 Å². The van der Waals surface area contributed by atoms with Crippen LogP contribution in [0, 0.1) is 19.3 Å². The lowest BCUT2D eigenvalue weighted by atomic mass is 9.98. The van der Waals surface area contributed by atoms with E-state index in [-0.39, 0.29) is 45.5 Å². The molecule has 2 atom stereocenters. The fourth-order valence-electron chi connectivity index (χ4n) is 5.00. The highest BCUT2D eigenvalue weighted by molar-refractivity contribution is 5.79. The van der Waals surface area contributed by atoms with Crippen LogP contribution >= 0.6 is 0 Å². The molecule has 0 aromatic heterocycles. The normalized spacial score (nSPS) is 17.4. The standard InChI is InChI=1S/C33H34NO9/c1-38-32(36)29-11-6-12-31(43-29)42-23-14-13-22(20-35)30(19-23)40-18-17-39-16-15-34-33(37)41-21-28-26-9-4-2-7-24(26)25-8-3-5-10-27(25)28/h2-14,19,28-29,31,35H,15-18,20-21H2,1H3,(H,34,37)/t29-,31+/m0/s1. The molecule has 1 amide bonds. The van der Waals surface area contributed by atoms with Gasteiger partial charge in [-0.3, -0.25) is 0 Å². The maximum Gasteiger partial charge on any atom is 0.407 e. The maximum atomic E-state index is 12.3. The number of aliphatic hydroxyl groups is 1. The smallest absolute Gasteiger partial charge is 0.407 e. The van der Waals surface area contributed by atoms with Crippen LogP contribution in [-0.2, 0) is 30.3 Å². The van der Waals surface area contributed by atoms with E-state index < -0.39 is 24.5 Å². The molecule has 2 aliphatic rings. The van der Waals surface area contributed by atoms with Gasteiger partial charge in [0, 0.05) is 36.9 Å². The van der Waals surface area contributed by atoms with Crippen molar-refractivity contribution in [1.82, 2.24) is 5.32 Å². The van der Waals surface area contributed by atoms with Crippen molar-refractivity contribution in [3.63, 3.8) is 0 Å². The summed E-state index contributed by atoms with van der Waals surface area (Å²) in [7, 11) is 1.29. The van der Waals surface area contributed by atoms with Crippen LogP contribution in [0.3, 0.4) is 0 Å². The molecule has 0 saturated carbocycles. The van der Waals surface area contributed by atoms with Crippen molar-refractivity contribution >= 4 is 12.1 Å². The summed E-state index contributed by atoms with van der Waals surface area (Å²) >= 11 is 0. The number of alkyl carbamates (subject to hydrolysis) is 1. The van der Waals surface area contributed by atoms with Crippen LogP contribution in [0.4, 0.5) is 4.79 Å². The third-order valence-corrected chi connectivity index (χ3v) is 7.07. The van der Waals surface area contributed by atoms with E-state index in [1.54, 1.807) is 37.5 Å². The lowest BCUT2D eigenvalue weighted by Gasteiger charge is -2.28. The molecular formula is C33H34NO9. The highest BCUT2D eigenvalue weighted by Gasteiger charge is 2.31. The van der Waals surface area contributed by atoms with Gasteiger partial charge in [-0.1, -0.05) is 48.5 Å². The molecule has 0 unspecified atom stereocenters. The number of methoxy groups -OCH3 is 1. The highest BCUT2D eigenvalue weighted by atomic mass is 16.7. The molecule has 1 aliphatic heterocycles. The molecule has 3 radical (unpaired) electrons. The second-order valence-corrected chi connectivity index (χ2v) is 9.78. The number of hydrogen-bond acceptors (Lipinski definition) is 9. The number of ether oxygens (including phenoxy) is 6. The van der Waals surface area contributed by atoms with Gasteiger partial charge >= 0.3 is 12.1 Å². The summed E-state index contributed by atoms with van der Waals surface area (Å²) in [6, 6.07) is 21.4. The average molecular weight is 589 g/mol. The van der Waals surface area contributed by atoms with Gasteiger partial charge in [-0.05, 0) is 40.8 Å². The second kappa shape index (κ2) is 14.9. The number of carbonyl (C=O) groups excluding carboxylic acids is 2. The Morgan fingerprint density at radius 3 is 2.40 bits per heavy atom. The largest absolute Gasteiger partial charge is 0.491 e. The first-order valence-electron chi connectivity index (χ1n) is 14.0. The van der Waals surface area contributed by atoms with Gasteiger partial charge in [0.05, 0.1) is 26.9 Å². The lowest BCUT2D eigenvalue weighted by Crippen LogP contribution is -2.38. The molecule has 0 spiro atoms. The summed E-state index contributed by atoms with van der Waals surface area (Å²) < 4.78 is 33.0. The Bertz CT molecular complexity index is 1350. The van der Waals surface area contributed by atoms with Crippen LogP contribution in [-0.4, -0.2) is 69.6 Å². The first-order valence-corrected chi connectivity index (χ1v) is 14.0. The molecule has 3 aromatic carbocycles. The van der Waals surface area contributed by atoms with Gasteiger partial charge in [0.25, 0.3) is 0 Å². The summed E-state index contributed by atoms with van der Waals surface area (Å²) in [5.74, 6) is 0.337. The van der Waals surface area contributed by atoms with Crippen molar-refractivity contribution in [2.24, 2.45) is 0 Å². The van der Waals surface area contributed by atoms with Crippen LogP contribution in [0.1, 0.15) is 22.6 Å². The Kier molecular flexibility index (Phi) is 10.5. The van der Waals surface area contributed by atoms with Crippen molar-refractivity contribution in [1.29, 1.82) is 0 Å². The van der Waals surface area contributed by atoms with Crippen molar-refractivity contribution in [2.75, 3.05) is 40.1 Å². The fourth-order valence-corrected chi connectivity index (χ4v) is 5.00. The Morgan fingerprint density at radius 1 is 0.930 bits per heavy atom. The highest BCUT2D eigenvalue weighted by Crippen LogP contribution is 2.44. The van der Waals surface area contributed by atoms with Crippen LogP contribution in [0.5, 0.6) is 11.5 Å². The molecule has 43 heavy (non-hydrogen) atoms. The van der Waals surface area contributed by atoms with E-state index in [4.69, 9.17) is 28.4 Å². The minimum Gasteiger partial charge on any atom is -0.491 e. The lowest BCUT2D eigenvalue weighted by molar-refractivity contribution is -0.165. The van der Waals surface area contributed by atoms with Crippen molar-refractivity contribution in [2.45, 2.75) is 24.9 Å². The average Bonchev–Trinajstić information content (AvgIpc) is 3.36. The van der Waals surface area contributed by atoms with Crippen molar-refractivity contribution in [3.05, 3.63) is 103 Å². The van der Waals surface area contributed by atoms with Crippen LogP contribution in [0.2, 0.25) is 0 Å². The molecule has 1 saturated heterocycles. The topological polar surface area (TPSA) is 122 Å². The zero-order valence-electron chi connectivity index (χ0n) is 23.8. The van der Waals surface area contributed by atoms with Gasteiger partial charge in [0.1, 0.15) is 24.7 Å². The number of fused-ring (bicyclic) bond motifs is 3. The summed E-state index contributed by atoms with van der Waals surface area (Å²) in [5, 5.41) is 12.4. The Balaban J connectivity index is 1.00. The molecule has 2 N–H and O–H groups in total. The molecule has 1 heterocycles. The van der Waals surface area contributed by atoms with Crippen molar-refractivity contribution in [3.8, 4) is 22.6 Å². The molecule has 1 fully saturated rings. The van der Waals surface area contributed by atoms with Gasteiger partial charge in [-0.25, -0.2) is 9.59 Å². The quantitative estimate of drug-likeness (QED) is 0.225. The third kappa shape index (κ3) is 7.64. The van der Waals surface area contributed by atoms with Gasteiger partial charge < -0.3 is 38.8 Å². The molecule has 3 aromatic rings. The van der Waals surface area contributed by atoms with E-state index in [2.05, 4.69) is 29.6 Å². The predicted octanol–water partition coefficient (Wildman–Crippen LogP) is 4.00. The summed E-state index contributed by atoms with van der Waals surface area (Å²) in [4.78, 5) is 24.1. The number of benzene rings is 3. The van der Waals surface area contributed by atoms with E-state index in [0.29, 0.717) is 17.1 Å². The number of amides is 1. The number of hydrogen-bond donors (Lipinski definition) is 2. The summed E-state index contributed by atoms with van der Waals surface area (Å²) in [5.41, 5.74) is 5.25. The number of aliphatic hydroxyl groups excluding tert-OH is 1. The number of esters is 1. The molecule has 1 aliphatic carbocycles. The van der Waals surface area contributed by atoms with E-state index >= 15 is 0 Å². The zero-order chi connectivity index (χ0) is 30.0. The van der Waals surface area contributed by atoms with Crippen molar-refractivity contribution < 1.29 is 43.1 Å². The molecular weight excluding hydrogens is 554 g/mol.